The van der Waals surface area contributed by atoms with Crippen LogP contribution in [0, 0.1) is 5.92 Å². The van der Waals surface area contributed by atoms with Crippen molar-refractivity contribution in [2.45, 2.75) is 44.6 Å². The minimum Gasteiger partial charge on any atom is -0.495 e. The molecule has 0 saturated heterocycles. The Hall–Kier alpha value is -2.64. The van der Waals surface area contributed by atoms with Gasteiger partial charge >= 0.3 is 0 Å². The number of rotatable bonds is 9. The number of hydrogen-bond acceptors (Lipinski definition) is 4. The molecule has 2 aromatic carbocycles. The van der Waals surface area contributed by atoms with E-state index in [1.807, 2.05) is 0 Å². The van der Waals surface area contributed by atoms with Gasteiger partial charge in [0, 0.05) is 6.08 Å². The summed E-state index contributed by atoms with van der Waals surface area (Å²) in [6, 6.07) is 12.9. The average molecular weight is 445 g/mol. The summed E-state index contributed by atoms with van der Waals surface area (Å²) in [5, 5.41) is 3.05. The molecule has 0 spiro atoms. The van der Waals surface area contributed by atoms with Crippen molar-refractivity contribution in [3.8, 4) is 5.75 Å². The number of nitrogens with one attached hydrogen (secondary N) is 2. The van der Waals surface area contributed by atoms with Crippen molar-refractivity contribution >= 4 is 22.0 Å². The van der Waals surface area contributed by atoms with E-state index in [0.717, 1.165) is 5.56 Å². The fourth-order valence-corrected chi connectivity index (χ4v) is 4.14. The van der Waals surface area contributed by atoms with Crippen molar-refractivity contribution in [3.05, 3.63) is 65.2 Å². The standard InChI is InChI=1S/C24H32N2O4S/c1-16(2)19-9-11-20(12-10-19)24(17(3)4)26-23(27)14-8-18-7-13-21(30-6)22(15-18)31(28,29)25-5/h7-17,24-25H,1-6H3,(H,26,27)/b14-8+. The van der Waals surface area contributed by atoms with Gasteiger partial charge < -0.3 is 10.1 Å². The van der Waals surface area contributed by atoms with Gasteiger partial charge in [0.1, 0.15) is 10.6 Å². The van der Waals surface area contributed by atoms with Gasteiger partial charge in [-0.2, -0.15) is 0 Å². The van der Waals surface area contributed by atoms with Crippen molar-refractivity contribution in [1.82, 2.24) is 10.0 Å². The summed E-state index contributed by atoms with van der Waals surface area (Å²) in [6.07, 6.45) is 3.00. The Morgan fingerprint density at radius 2 is 1.61 bits per heavy atom. The van der Waals surface area contributed by atoms with Crippen LogP contribution in [-0.4, -0.2) is 28.5 Å². The van der Waals surface area contributed by atoms with Crippen LogP contribution < -0.4 is 14.8 Å². The van der Waals surface area contributed by atoms with Crippen molar-refractivity contribution in [1.29, 1.82) is 0 Å². The Balaban J connectivity index is 2.20. The first kappa shape index (κ1) is 24.6. The number of carbonyl (C=O) groups excluding carboxylic acids is 1. The van der Waals surface area contributed by atoms with Gasteiger partial charge in [0.2, 0.25) is 15.9 Å². The normalized spacial score (nSPS) is 13.0. The summed E-state index contributed by atoms with van der Waals surface area (Å²) in [6.45, 7) is 8.41. The van der Waals surface area contributed by atoms with Crippen LogP contribution >= 0.6 is 0 Å². The van der Waals surface area contributed by atoms with E-state index in [2.05, 4.69) is 62.0 Å². The maximum Gasteiger partial charge on any atom is 0.244 e. The molecule has 0 heterocycles. The van der Waals surface area contributed by atoms with Gasteiger partial charge in [-0.05, 0) is 53.8 Å². The second kappa shape index (κ2) is 10.6. The number of methoxy groups -OCH3 is 1. The minimum absolute atomic E-state index is 0.0188. The Bertz CT molecular complexity index is 1030. The smallest absolute Gasteiger partial charge is 0.244 e. The van der Waals surface area contributed by atoms with E-state index >= 15 is 0 Å². The molecule has 1 unspecified atom stereocenters. The van der Waals surface area contributed by atoms with Gasteiger partial charge in [-0.3, -0.25) is 4.79 Å². The molecule has 0 bridgehead atoms. The second-order valence-electron chi connectivity index (χ2n) is 8.00. The molecule has 168 valence electrons. The summed E-state index contributed by atoms with van der Waals surface area (Å²) in [4.78, 5) is 12.6. The fraction of sp³-hybridized carbons (Fsp3) is 0.375. The maximum absolute atomic E-state index is 12.6. The molecule has 0 aliphatic carbocycles. The molecule has 0 radical (unpaired) electrons. The number of sulfonamides is 1. The van der Waals surface area contributed by atoms with Crippen LogP contribution in [0.15, 0.2) is 53.4 Å². The van der Waals surface area contributed by atoms with Crippen LogP contribution in [-0.2, 0) is 14.8 Å². The highest BCUT2D eigenvalue weighted by Gasteiger charge is 2.19. The Labute approximate surface area is 185 Å². The van der Waals surface area contributed by atoms with Crippen molar-refractivity contribution in [2.75, 3.05) is 14.2 Å². The molecule has 2 rings (SSSR count). The SMILES string of the molecule is CNS(=O)(=O)c1cc(/C=C/C(=O)NC(c2ccc(C(C)C)cc2)C(C)C)ccc1OC. The molecule has 0 aliphatic rings. The van der Waals surface area contributed by atoms with Gasteiger partial charge in [-0.25, -0.2) is 13.1 Å². The molecule has 6 nitrogen and oxygen atoms in total. The van der Waals surface area contributed by atoms with E-state index in [9.17, 15) is 13.2 Å². The Morgan fingerprint density at radius 3 is 2.13 bits per heavy atom. The fourth-order valence-electron chi connectivity index (χ4n) is 3.21. The molecule has 7 heteroatoms. The van der Waals surface area contributed by atoms with Crippen molar-refractivity contribution in [2.24, 2.45) is 5.92 Å². The highest BCUT2D eigenvalue weighted by Crippen LogP contribution is 2.26. The topological polar surface area (TPSA) is 84.5 Å². The number of benzene rings is 2. The first-order chi connectivity index (χ1) is 14.6. The summed E-state index contributed by atoms with van der Waals surface area (Å²) < 4.78 is 31.9. The van der Waals surface area contributed by atoms with E-state index in [4.69, 9.17) is 4.74 Å². The van der Waals surface area contributed by atoms with Crippen LogP contribution in [0.1, 0.15) is 56.3 Å². The van der Waals surface area contributed by atoms with Crippen LogP contribution in [0.3, 0.4) is 0 Å². The lowest BCUT2D eigenvalue weighted by molar-refractivity contribution is -0.117. The van der Waals surface area contributed by atoms with Gasteiger partial charge in [-0.1, -0.05) is 58.0 Å². The number of carbonyl (C=O) groups is 1. The molecular weight excluding hydrogens is 412 g/mol. The molecule has 0 fully saturated rings. The predicted molar refractivity (Wildman–Crippen MR) is 125 cm³/mol. The first-order valence-corrected chi connectivity index (χ1v) is 11.8. The van der Waals surface area contributed by atoms with E-state index in [-0.39, 0.29) is 28.5 Å². The molecule has 0 aromatic heterocycles. The zero-order chi connectivity index (χ0) is 23.2. The largest absolute Gasteiger partial charge is 0.495 e. The molecule has 0 aliphatic heterocycles. The van der Waals surface area contributed by atoms with Crippen LogP contribution in [0.5, 0.6) is 5.75 Å². The Morgan fingerprint density at radius 1 is 1.00 bits per heavy atom. The molecule has 2 N–H and O–H groups in total. The highest BCUT2D eigenvalue weighted by atomic mass is 32.2. The quantitative estimate of drug-likeness (QED) is 0.566. The highest BCUT2D eigenvalue weighted by molar-refractivity contribution is 7.89. The zero-order valence-electron chi connectivity index (χ0n) is 19.0. The Kier molecular flexibility index (Phi) is 8.42. The van der Waals surface area contributed by atoms with Crippen molar-refractivity contribution < 1.29 is 17.9 Å². The van der Waals surface area contributed by atoms with E-state index in [1.54, 1.807) is 18.2 Å². The van der Waals surface area contributed by atoms with Gasteiger partial charge in [0.05, 0.1) is 13.2 Å². The number of ether oxygens (including phenoxy) is 1. The third-order valence-electron chi connectivity index (χ3n) is 5.10. The van der Waals surface area contributed by atoms with E-state index in [0.29, 0.717) is 11.5 Å². The molecule has 0 saturated carbocycles. The maximum atomic E-state index is 12.6. The predicted octanol–water partition coefficient (Wildman–Crippen LogP) is 4.25. The lowest BCUT2D eigenvalue weighted by atomic mass is 9.93. The lowest BCUT2D eigenvalue weighted by Crippen LogP contribution is -2.30. The first-order valence-electron chi connectivity index (χ1n) is 10.3. The third kappa shape index (κ3) is 6.42. The summed E-state index contributed by atoms with van der Waals surface area (Å²) in [7, 11) is -0.940. The summed E-state index contributed by atoms with van der Waals surface area (Å²) in [5.41, 5.74) is 2.88. The van der Waals surface area contributed by atoms with Crippen LogP contribution in [0.4, 0.5) is 0 Å². The van der Waals surface area contributed by atoms with E-state index in [1.165, 1.54) is 31.9 Å². The molecule has 1 atom stereocenters. The van der Waals surface area contributed by atoms with Crippen LogP contribution in [0.25, 0.3) is 6.08 Å². The van der Waals surface area contributed by atoms with E-state index < -0.39 is 10.0 Å². The van der Waals surface area contributed by atoms with Crippen LogP contribution in [0.2, 0.25) is 0 Å². The average Bonchev–Trinajstić information content (AvgIpc) is 2.75. The number of amides is 1. The molecule has 1 amide bonds. The molecule has 31 heavy (non-hydrogen) atoms. The summed E-state index contributed by atoms with van der Waals surface area (Å²) in [5.74, 6) is 0.641. The third-order valence-corrected chi connectivity index (χ3v) is 6.54. The minimum atomic E-state index is -3.69. The van der Waals surface area contributed by atoms with Gasteiger partial charge in [0.25, 0.3) is 0 Å². The molecular formula is C24H32N2O4S. The molecule has 2 aromatic rings. The monoisotopic (exact) mass is 444 g/mol. The summed E-state index contributed by atoms with van der Waals surface area (Å²) >= 11 is 0. The second-order valence-corrected chi connectivity index (χ2v) is 9.86. The van der Waals surface area contributed by atoms with Crippen molar-refractivity contribution in [3.63, 3.8) is 0 Å². The lowest BCUT2D eigenvalue weighted by Gasteiger charge is -2.23. The van der Waals surface area contributed by atoms with Gasteiger partial charge in [-0.15, -0.1) is 0 Å². The number of hydrogen-bond donors (Lipinski definition) is 2. The van der Waals surface area contributed by atoms with Gasteiger partial charge in [0.15, 0.2) is 0 Å². The zero-order valence-corrected chi connectivity index (χ0v) is 19.8.